The number of nitrogen functional groups attached to an aromatic ring is 1. The second kappa shape index (κ2) is 4.79. The molecule has 2 rings (SSSR count). The molecule has 2 aromatic rings. The number of sulfonamides is 1. The highest BCUT2D eigenvalue weighted by Gasteiger charge is 2.15. The van der Waals surface area contributed by atoms with Crippen LogP contribution < -0.4 is 10.5 Å². The third kappa shape index (κ3) is 2.88. The molecule has 1 heterocycles. The Morgan fingerprint density at radius 3 is 2.50 bits per heavy atom. The van der Waals surface area contributed by atoms with Crippen LogP contribution in [0.4, 0.5) is 11.6 Å². The van der Waals surface area contributed by atoms with Crippen molar-refractivity contribution >= 4 is 33.3 Å². The fourth-order valence-electron chi connectivity index (χ4n) is 1.23. The highest BCUT2D eigenvalue weighted by atomic mass is 35.5. The van der Waals surface area contributed by atoms with Crippen molar-refractivity contribution in [1.82, 2.24) is 9.97 Å². The van der Waals surface area contributed by atoms with Gasteiger partial charge >= 0.3 is 0 Å². The van der Waals surface area contributed by atoms with Crippen molar-refractivity contribution in [3.05, 3.63) is 41.7 Å². The maximum Gasteiger partial charge on any atom is 0.264 e. The molecule has 6 nitrogen and oxygen atoms in total. The SMILES string of the molecule is Nc1cccc(S(=O)(=O)Nc2ncc(Cl)cn2)c1. The van der Waals surface area contributed by atoms with E-state index in [4.69, 9.17) is 17.3 Å². The highest BCUT2D eigenvalue weighted by molar-refractivity contribution is 7.92. The van der Waals surface area contributed by atoms with E-state index in [1.165, 1.54) is 24.5 Å². The quantitative estimate of drug-likeness (QED) is 0.833. The molecule has 0 aliphatic heterocycles. The highest BCUT2D eigenvalue weighted by Crippen LogP contribution is 2.16. The zero-order chi connectivity index (χ0) is 13.2. The van der Waals surface area contributed by atoms with Crippen LogP contribution in [0.5, 0.6) is 0 Å². The summed E-state index contributed by atoms with van der Waals surface area (Å²) in [6.07, 6.45) is 2.59. The van der Waals surface area contributed by atoms with Crippen LogP contribution in [0.2, 0.25) is 5.02 Å². The van der Waals surface area contributed by atoms with Gasteiger partial charge in [0.2, 0.25) is 5.95 Å². The van der Waals surface area contributed by atoms with Gasteiger partial charge in [-0.1, -0.05) is 17.7 Å². The molecule has 0 spiro atoms. The molecule has 0 unspecified atom stereocenters. The van der Waals surface area contributed by atoms with E-state index >= 15 is 0 Å². The number of halogens is 1. The van der Waals surface area contributed by atoms with E-state index in [9.17, 15) is 8.42 Å². The smallest absolute Gasteiger partial charge is 0.264 e. The molecule has 0 fully saturated rings. The third-order valence-corrected chi connectivity index (χ3v) is 3.54. The van der Waals surface area contributed by atoms with Crippen LogP contribution in [0, 0.1) is 0 Å². The predicted molar refractivity (Wildman–Crippen MR) is 68.7 cm³/mol. The van der Waals surface area contributed by atoms with Crippen LogP contribution >= 0.6 is 11.6 Å². The number of rotatable bonds is 3. The Morgan fingerprint density at radius 1 is 1.22 bits per heavy atom. The Kier molecular flexibility index (Phi) is 3.35. The summed E-state index contributed by atoms with van der Waals surface area (Å²) < 4.78 is 26.1. The lowest BCUT2D eigenvalue weighted by Gasteiger charge is -2.06. The molecule has 1 aromatic carbocycles. The standard InChI is InChI=1S/C10H9ClN4O2S/c11-7-5-13-10(14-6-7)15-18(16,17)9-3-1-2-8(12)4-9/h1-6H,12H2,(H,13,14,15). The van der Waals surface area contributed by atoms with Gasteiger partial charge in [-0.25, -0.2) is 23.1 Å². The van der Waals surface area contributed by atoms with Crippen molar-refractivity contribution in [3.8, 4) is 0 Å². The first-order chi connectivity index (χ1) is 8.47. The minimum atomic E-state index is -3.75. The molecule has 0 saturated carbocycles. The first-order valence-electron chi connectivity index (χ1n) is 4.83. The molecule has 0 bridgehead atoms. The van der Waals surface area contributed by atoms with Crippen molar-refractivity contribution in [3.63, 3.8) is 0 Å². The van der Waals surface area contributed by atoms with Gasteiger partial charge in [-0.15, -0.1) is 0 Å². The zero-order valence-electron chi connectivity index (χ0n) is 9.04. The maximum absolute atomic E-state index is 12.0. The molecule has 1 aromatic heterocycles. The Balaban J connectivity index is 2.30. The fourth-order valence-corrected chi connectivity index (χ4v) is 2.34. The van der Waals surface area contributed by atoms with Gasteiger partial charge in [0.25, 0.3) is 10.0 Å². The van der Waals surface area contributed by atoms with Gasteiger partial charge < -0.3 is 5.73 Å². The number of benzene rings is 1. The molecule has 0 aliphatic carbocycles. The summed E-state index contributed by atoms with van der Waals surface area (Å²) in [5.74, 6) is -0.0539. The van der Waals surface area contributed by atoms with Crippen molar-refractivity contribution < 1.29 is 8.42 Å². The molecule has 0 aliphatic rings. The van der Waals surface area contributed by atoms with Gasteiger partial charge in [-0.2, -0.15) is 0 Å². The van der Waals surface area contributed by atoms with E-state index in [1.807, 2.05) is 0 Å². The maximum atomic E-state index is 12.0. The predicted octanol–water partition coefficient (Wildman–Crippen LogP) is 1.51. The lowest BCUT2D eigenvalue weighted by Crippen LogP contribution is -2.15. The van der Waals surface area contributed by atoms with Crippen LogP contribution in [0.3, 0.4) is 0 Å². The summed E-state index contributed by atoms with van der Waals surface area (Å²) >= 11 is 5.60. The number of nitrogens with one attached hydrogen (secondary N) is 1. The second-order valence-corrected chi connectivity index (χ2v) is 5.52. The number of anilines is 2. The van der Waals surface area contributed by atoms with Crippen molar-refractivity contribution in [1.29, 1.82) is 0 Å². The summed E-state index contributed by atoms with van der Waals surface area (Å²) in [6.45, 7) is 0. The number of nitrogens with two attached hydrogens (primary N) is 1. The molecular formula is C10H9ClN4O2S. The average Bonchev–Trinajstić information content (AvgIpc) is 2.32. The van der Waals surface area contributed by atoms with E-state index in [-0.39, 0.29) is 10.8 Å². The fraction of sp³-hybridized carbons (Fsp3) is 0. The van der Waals surface area contributed by atoms with E-state index in [1.54, 1.807) is 12.1 Å². The Bertz CT molecular complexity index is 658. The van der Waals surface area contributed by atoms with Gasteiger partial charge in [0.15, 0.2) is 0 Å². The molecule has 94 valence electrons. The summed E-state index contributed by atoms with van der Waals surface area (Å²) in [6, 6.07) is 5.91. The monoisotopic (exact) mass is 284 g/mol. The van der Waals surface area contributed by atoms with Crippen LogP contribution in [0.15, 0.2) is 41.6 Å². The minimum Gasteiger partial charge on any atom is -0.399 e. The van der Waals surface area contributed by atoms with Gasteiger partial charge in [0, 0.05) is 5.69 Å². The molecule has 0 saturated heterocycles. The normalized spacial score (nSPS) is 11.2. The van der Waals surface area contributed by atoms with E-state index in [2.05, 4.69) is 14.7 Å². The molecule has 0 atom stereocenters. The average molecular weight is 285 g/mol. The topological polar surface area (TPSA) is 98.0 Å². The number of hydrogen-bond donors (Lipinski definition) is 2. The number of hydrogen-bond acceptors (Lipinski definition) is 5. The summed E-state index contributed by atoms with van der Waals surface area (Å²) in [5.41, 5.74) is 5.88. The first-order valence-corrected chi connectivity index (χ1v) is 6.69. The van der Waals surface area contributed by atoms with Crippen molar-refractivity contribution in [2.45, 2.75) is 4.90 Å². The third-order valence-electron chi connectivity index (χ3n) is 2.01. The largest absolute Gasteiger partial charge is 0.399 e. The first kappa shape index (κ1) is 12.6. The number of aromatic nitrogens is 2. The molecule has 18 heavy (non-hydrogen) atoms. The van der Waals surface area contributed by atoms with Gasteiger partial charge in [-0.3, -0.25) is 0 Å². The molecule has 0 radical (unpaired) electrons. The number of nitrogens with zero attached hydrogens (tertiary/aromatic N) is 2. The van der Waals surface area contributed by atoms with Crippen molar-refractivity contribution in [2.75, 3.05) is 10.5 Å². The molecule has 3 N–H and O–H groups in total. The van der Waals surface area contributed by atoms with Crippen LogP contribution in [0.1, 0.15) is 0 Å². The van der Waals surface area contributed by atoms with Gasteiger partial charge in [0.05, 0.1) is 22.3 Å². The minimum absolute atomic E-state index is 0.0426. The summed E-state index contributed by atoms with van der Waals surface area (Å²) in [4.78, 5) is 7.54. The zero-order valence-corrected chi connectivity index (χ0v) is 10.6. The molecule has 8 heteroatoms. The van der Waals surface area contributed by atoms with Gasteiger partial charge in [0.1, 0.15) is 0 Å². The van der Waals surface area contributed by atoms with E-state index in [0.717, 1.165) is 0 Å². The van der Waals surface area contributed by atoms with Gasteiger partial charge in [-0.05, 0) is 18.2 Å². The second-order valence-electron chi connectivity index (χ2n) is 3.40. The van der Waals surface area contributed by atoms with E-state index < -0.39 is 10.0 Å². The summed E-state index contributed by atoms with van der Waals surface area (Å²) in [5, 5.41) is 0.321. The molecule has 0 amide bonds. The Labute approximate surface area is 109 Å². The van der Waals surface area contributed by atoms with Crippen molar-refractivity contribution in [2.24, 2.45) is 0 Å². The lowest BCUT2D eigenvalue weighted by atomic mass is 10.3. The van der Waals surface area contributed by atoms with Crippen LogP contribution in [0.25, 0.3) is 0 Å². The molecular weight excluding hydrogens is 276 g/mol. The van der Waals surface area contributed by atoms with Crippen LogP contribution in [-0.2, 0) is 10.0 Å². The Morgan fingerprint density at radius 2 is 1.89 bits per heavy atom. The summed E-state index contributed by atoms with van der Waals surface area (Å²) in [7, 11) is -3.75. The Hall–Kier alpha value is -1.86. The van der Waals surface area contributed by atoms with Crippen LogP contribution in [-0.4, -0.2) is 18.4 Å². The van der Waals surface area contributed by atoms with E-state index in [0.29, 0.717) is 10.7 Å². The lowest BCUT2D eigenvalue weighted by molar-refractivity contribution is 0.601.